The largest absolute Gasteiger partial charge is 0.481 e. The van der Waals surface area contributed by atoms with E-state index in [1.807, 2.05) is 20.8 Å². The minimum atomic E-state index is -0.877. The Balaban J connectivity index is 2.41. The Labute approximate surface area is 117 Å². The molecule has 20 heavy (non-hydrogen) atoms. The molecule has 0 unspecified atom stereocenters. The van der Waals surface area contributed by atoms with Gasteiger partial charge < -0.3 is 15.7 Å². The van der Waals surface area contributed by atoms with E-state index in [4.69, 9.17) is 5.11 Å². The maximum absolute atomic E-state index is 11.5. The zero-order valence-corrected chi connectivity index (χ0v) is 11.9. The SMILES string of the molecule is CC(C)(C)c1ncc(NC(=O)NCCCC(=O)O)cn1. The molecule has 0 aliphatic carbocycles. The number of carboxylic acids is 1. The van der Waals surface area contributed by atoms with Crippen LogP contribution in [0.3, 0.4) is 0 Å². The lowest BCUT2D eigenvalue weighted by atomic mass is 9.96. The van der Waals surface area contributed by atoms with Crippen molar-refractivity contribution >= 4 is 17.7 Å². The molecule has 1 rings (SSSR count). The summed E-state index contributed by atoms with van der Waals surface area (Å²) < 4.78 is 0. The van der Waals surface area contributed by atoms with Gasteiger partial charge in [-0.2, -0.15) is 0 Å². The van der Waals surface area contributed by atoms with Crippen molar-refractivity contribution in [3.63, 3.8) is 0 Å². The molecule has 0 spiro atoms. The van der Waals surface area contributed by atoms with E-state index in [0.717, 1.165) is 0 Å². The van der Waals surface area contributed by atoms with Gasteiger partial charge in [0.05, 0.1) is 18.1 Å². The van der Waals surface area contributed by atoms with Gasteiger partial charge in [0.15, 0.2) is 0 Å². The third-order valence-corrected chi connectivity index (χ3v) is 2.43. The highest BCUT2D eigenvalue weighted by molar-refractivity contribution is 5.88. The third kappa shape index (κ3) is 5.64. The summed E-state index contributed by atoms with van der Waals surface area (Å²) in [6.07, 6.45) is 3.51. The first-order valence-corrected chi connectivity index (χ1v) is 6.38. The van der Waals surface area contributed by atoms with Crippen LogP contribution in [-0.2, 0) is 10.2 Å². The molecule has 2 amide bonds. The molecule has 0 atom stereocenters. The van der Waals surface area contributed by atoms with Crippen LogP contribution in [0.25, 0.3) is 0 Å². The lowest BCUT2D eigenvalue weighted by Gasteiger charge is -2.16. The van der Waals surface area contributed by atoms with Crippen molar-refractivity contribution in [3.05, 3.63) is 18.2 Å². The second-order valence-corrected chi connectivity index (χ2v) is 5.42. The van der Waals surface area contributed by atoms with E-state index in [0.29, 0.717) is 24.5 Å². The van der Waals surface area contributed by atoms with Gasteiger partial charge in [-0.05, 0) is 6.42 Å². The van der Waals surface area contributed by atoms with Crippen LogP contribution in [0.15, 0.2) is 12.4 Å². The molecule has 7 nitrogen and oxygen atoms in total. The average Bonchev–Trinajstić information content (AvgIpc) is 2.34. The number of aliphatic carboxylic acids is 1. The van der Waals surface area contributed by atoms with Crippen molar-refractivity contribution < 1.29 is 14.7 Å². The number of nitrogens with one attached hydrogen (secondary N) is 2. The first-order valence-electron chi connectivity index (χ1n) is 6.38. The van der Waals surface area contributed by atoms with Crippen molar-refractivity contribution in [2.45, 2.75) is 39.0 Å². The zero-order chi connectivity index (χ0) is 15.2. The van der Waals surface area contributed by atoms with Crippen LogP contribution in [-0.4, -0.2) is 33.6 Å². The molecule has 110 valence electrons. The van der Waals surface area contributed by atoms with Gasteiger partial charge in [0, 0.05) is 18.4 Å². The summed E-state index contributed by atoms with van der Waals surface area (Å²) in [7, 11) is 0. The molecule has 3 N–H and O–H groups in total. The second-order valence-electron chi connectivity index (χ2n) is 5.42. The minimum Gasteiger partial charge on any atom is -0.481 e. The quantitative estimate of drug-likeness (QED) is 0.713. The lowest BCUT2D eigenvalue weighted by molar-refractivity contribution is -0.137. The molecule has 0 saturated carbocycles. The van der Waals surface area contributed by atoms with Gasteiger partial charge in [0.2, 0.25) is 0 Å². The molecular weight excluding hydrogens is 260 g/mol. The number of carbonyl (C=O) groups is 2. The van der Waals surface area contributed by atoms with Crippen LogP contribution in [0.5, 0.6) is 0 Å². The Hall–Kier alpha value is -2.18. The summed E-state index contributed by atoms with van der Waals surface area (Å²) in [5.41, 5.74) is 0.353. The van der Waals surface area contributed by atoms with E-state index in [-0.39, 0.29) is 11.8 Å². The van der Waals surface area contributed by atoms with Crippen LogP contribution in [0.4, 0.5) is 10.5 Å². The highest BCUT2D eigenvalue weighted by Crippen LogP contribution is 2.17. The summed E-state index contributed by atoms with van der Waals surface area (Å²) >= 11 is 0. The summed E-state index contributed by atoms with van der Waals surface area (Å²) in [5.74, 6) is -0.178. The topological polar surface area (TPSA) is 104 Å². The molecule has 0 aliphatic rings. The predicted molar refractivity (Wildman–Crippen MR) is 74.6 cm³/mol. The van der Waals surface area contributed by atoms with Crippen LogP contribution < -0.4 is 10.6 Å². The van der Waals surface area contributed by atoms with Gasteiger partial charge in [0.1, 0.15) is 5.82 Å². The summed E-state index contributed by atoms with van der Waals surface area (Å²) in [5, 5.41) is 13.6. The zero-order valence-electron chi connectivity index (χ0n) is 11.9. The van der Waals surface area contributed by atoms with Crippen molar-refractivity contribution in [2.75, 3.05) is 11.9 Å². The lowest BCUT2D eigenvalue weighted by Crippen LogP contribution is -2.30. The van der Waals surface area contributed by atoms with Crippen LogP contribution in [0.2, 0.25) is 0 Å². The highest BCUT2D eigenvalue weighted by atomic mass is 16.4. The Bertz CT molecular complexity index is 465. The van der Waals surface area contributed by atoms with Crippen LogP contribution >= 0.6 is 0 Å². The summed E-state index contributed by atoms with van der Waals surface area (Å²) in [4.78, 5) is 30.2. The second kappa shape index (κ2) is 6.83. The molecule has 0 fully saturated rings. The summed E-state index contributed by atoms with van der Waals surface area (Å²) in [6.45, 7) is 6.32. The monoisotopic (exact) mass is 280 g/mol. The maximum Gasteiger partial charge on any atom is 0.319 e. The standard InChI is InChI=1S/C13H20N4O3/c1-13(2,3)11-15-7-9(8-16-11)17-12(20)14-6-4-5-10(18)19/h7-8H,4-6H2,1-3H3,(H,18,19)(H2,14,17,20). The smallest absolute Gasteiger partial charge is 0.319 e. The van der Waals surface area contributed by atoms with Gasteiger partial charge >= 0.3 is 12.0 Å². The van der Waals surface area contributed by atoms with E-state index >= 15 is 0 Å². The Kier molecular flexibility index (Phi) is 5.42. The molecule has 0 radical (unpaired) electrons. The first-order chi connectivity index (χ1) is 9.29. The van der Waals surface area contributed by atoms with E-state index < -0.39 is 12.0 Å². The third-order valence-electron chi connectivity index (χ3n) is 2.43. The fourth-order valence-corrected chi connectivity index (χ4v) is 1.40. The molecule has 0 aliphatic heterocycles. The highest BCUT2D eigenvalue weighted by Gasteiger charge is 2.16. The molecule has 0 aromatic carbocycles. The Morgan fingerprint density at radius 3 is 2.35 bits per heavy atom. The van der Waals surface area contributed by atoms with Crippen LogP contribution in [0.1, 0.15) is 39.4 Å². The number of nitrogens with zero attached hydrogens (tertiary/aromatic N) is 2. The predicted octanol–water partition coefficient (Wildman–Crippen LogP) is 1.76. The molecule has 7 heteroatoms. The average molecular weight is 280 g/mol. The van der Waals surface area contributed by atoms with Crippen molar-refractivity contribution in [3.8, 4) is 0 Å². The number of hydrogen-bond acceptors (Lipinski definition) is 4. The molecule has 0 bridgehead atoms. The molecule has 1 aromatic heterocycles. The molecule has 1 aromatic rings. The van der Waals surface area contributed by atoms with Crippen molar-refractivity contribution in [2.24, 2.45) is 0 Å². The number of amides is 2. The molecule has 0 saturated heterocycles. The number of carboxylic acid groups (broad SMARTS) is 1. The number of hydrogen-bond donors (Lipinski definition) is 3. The normalized spacial score (nSPS) is 10.9. The number of anilines is 1. The van der Waals surface area contributed by atoms with Gasteiger partial charge in [-0.15, -0.1) is 0 Å². The van der Waals surface area contributed by atoms with E-state index in [1.54, 1.807) is 12.4 Å². The van der Waals surface area contributed by atoms with E-state index in [1.165, 1.54) is 0 Å². The van der Waals surface area contributed by atoms with Gasteiger partial charge in [-0.3, -0.25) is 4.79 Å². The molecule has 1 heterocycles. The summed E-state index contributed by atoms with van der Waals surface area (Å²) in [6, 6.07) is -0.400. The first kappa shape index (κ1) is 15.9. The van der Waals surface area contributed by atoms with Gasteiger partial charge in [0.25, 0.3) is 0 Å². The van der Waals surface area contributed by atoms with Gasteiger partial charge in [-0.25, -0.2) is 14.8 Å². The fraction of sp³-hybridized carbons (Fsp3) is 0.538. The van der Waals surface area contributed by atoms with E-state index in [9.17, 15) is 9.59 Å². The number of urea groups is 1. The fourth-order valence-electron chi connectivity index (χ4n) is 1.40. The Morgan fingerprint density at radius 2 is 1.85 bits per heavy atom. The maximum atomic E-state index is 11.5. The number of carbonyl (C=O) groups excluding carboxylic acids is 1. The van der Waals surface area contributed by atoms with Crippen molar-refractivity contribution in [1.29, 1.82) is 0 Å². The van der Waals surface area contributed by atoms with Crippen LogP contribution in [0, 0.1) is 0 Å². The number of rotatable bonds is 5. The molecular formula is C13H20N4O3. The number of aromatic nitrogens is 2. The minimum absolute atomic E-state index is 0.0314. The Morgan fingerprint density at radius 1 is 1.25 bits per heavy atom. The van der Waals surface area contributed by atoms with Crippen molar-refractivity contribution in [1.82, 2.24) is 15.3 Å². The van der Waals surface area contributed by atoms with Gasteiger partial charge in [-0.1, -0.05) is 20.8 Å². The van der Waals surface area contributed by atoms with E-state index in [2.05, 4.69) is 20.6 Å².